The number of anilines is 1. The monoisotopic (exact) mass is 332 g/mol. The van der Waals surface area contributed by atoms with Crippen LogP contribution in [0.25, 0.3) is 5.69 Å². The lowest BCUT2D eigenvalue weighted by Crippen LogP contribution is -2.12. The van der Waals surface area contributed by atoms with E-state index < -0.39 is 5.91 Å². The molecule has 7 heteroatoms. The molecule has 1 aromatic heterocycles. The SMILES string of the molecule is O=C(Nc1ccc(Cl)cc1Cl)c1cn(-c2ccccc2)nn1. The Labute approximate surface area is 136 Å². The molecule has 0 fully saturated rings. The van der Waals surface area contributed by atoms with Crippen molar-refractivity contribution in [1.82, 2.24) is 15.0 Å². The predicted octanol–water partition coefficient (Wildman–Crippen LogP) is 3.83. The van der Waals surface area contributed by atoms with Gasteiger partial charge in [-0.05, 0) is 30.3 Å². The molecule has 0 aliphatic rings. The second-order valence-electron chi connectivity index (χ2n) is 4.46. The topological polar surface area (TPSA) is 59.8 Å². The first-order valence-electron chi connectivity index (χ1n) is 6.37. The third-order valence-electron chi connectivity index (χ3n) is 2.93. The zero-order valence-corrected chi connectivity index (χ0v) is 12.7. The van der Waals surface area contributed by atoms with Crippen LogP contribution in [0.3, 0.4) is 0 Å². The number of nitrogens with one attached hydrogen (secondary N) is 1. The lowest BCUT2D eigenvalue weighted by atomic mass is 10.3. The Morgan fingerprint density at radius 1 is 1.09 bits per heavy atom. The highest BCUT2D eigenvalue weighted by molar-refractivity contribution is 6.36. The Morgan fingerprint density at radius 3 is 2.59 bits per heavy atom. The average Bonchev–Trinajstić information content (AvgIpc) is 3.01. The maximum absolute atomic E-state index is 12.2. The summed E-state index contributed by atoms with van der Waals surface area (Å²) in [6.07, 6.45) is 1.55. The second-order valence-corrected chi connectivity index (χ2v) is 5.31. The summed E-state index contributed by atoms with van der Waals surface area (Å²) in [6.45, 7) is 0. The van der Waals surface area contributed by atoms with Gasteiger partial charge in [-0.1, -0.05) is 46.6 Å². The normalized spacial score (nSPS) is 10.5. The maximum atomic E-state index is 12.2. The summed E-state index contributed by atoms with van der Waals surface area (Å²) in [6, 6.07) is 14.2. The van der Waals surface area contributed by atoms with E-state index in [9.17, 15) is 4.79 Å². The van der Waals surface area contributed by atoms with Crippen molar-refractivity contribution in [3.05, 3.63) is 70.5 Å². The smallest absolute Gasteiger partial charge is 0.277 e. The van der Waals surface area contributed by atoms with Gasteiger partial charge in [-0.15, -0.1) is 5.10 Å². The van der Waals surface area contributed by atoms with Gasteiger partial charge in [-0.2, -0.15) is 0 Å². The molecule has 0 atom stereocenters. The van der Waals surface area contributed by atoms with Gasteiger partial charge in [-0.25, -0.2) is 4.68 Å². The molecular formula is C15H10Cl2N4O. The van der Waals surface area contributed by atoms with Crippen LogP contribution in [-0.2, 0) is 0 Å². The van der Waals surface area contributed by atoms with Crippen molar-refractivity contribution in [2.75, 3.05) is 5.32 Å². The van der Waals surface area contributed by atoms with Crippen LogP contribution in [-0.4, -0.2) is 20.9 Å². The van der Waals surface area contributed by atoms with Crippen molar-refractivity contribution in [1.29, 1.82) is 0 Å². The van der Waals surface area contributed by atoms with Crippen LogP contribution in [0.1, 0.15) is 10.5 Å². The van der Waals surface area contributed by atoms with Gasteiger partial charge in [-0.3, -0.25) is 4.79 Å². The van der Waals surface area contributed by atoms with Crippen LogP contribution in [0.5, 0.6) is 0 Å². The molecule has 0 saturated heterocycles. The highest BCUT2D eigenvalue weighted by atomic mass is 35.5. The molecule has 0 bridgehead atoms. The van der Waals surface area contributed by atoms with E-state index in [-0.39, 0.29) is 5.69 Å². The van der Waals surface area contributed by atoms with Crippen LogP contribution >= 0.6 is 23.2 Å². The minimum atomic E-state index is -0.397. The van der Waals surface area contributed by atoms with Gasteiger partial charge in [0.05, 0.1) is 22.6 Å². The molecule has 1 heterocycles. The zero-order chi connectivity index (χ0) is 15.5. The molecule has 3 aromatic rings. The Kier molecular flexibility index (Phi) is 4.09. The third kappa shape index (κ3) is 3.10. The molecule has 0 aliphatic carbocycles. The summed E-state index contributed by atoms with van der Waals surface area (Å²) >= 11 is 11.8. The van der Waals surface area contributed by atoms with Crippen LogP contribution in [0.2, 0.25) is 10.0 Å². The highest BCUT2D eigenvalue weighted by Crippen LogP contribution is 2.25. The Balaban J connectivity index is 1.80. The number of hydrogen-bond donors (Lipinski definition) is 1. The molecule has 0 unspecified atom stereocenters. The first-order valence-corrected chi connectivity index (χ1v) is 7.13. The van der Waals surface area contributed by atoms with Crippen molar-refractivity contribution >= 4 is 34.8 Å². The number of benzene rings is 2. The predicted molar refractivity (Wildman–Crippen MR) is 85.8 cm³/mol. The van der Waals surface area contributed by atoms with Crippen LogP contribution < -0.4 is 5.32 Å². The fraction of sp³-hybridized carbons (Fsp3) is 0. The fourth-order valence-corrected chi connectivity index (χ4v) is 2.31. The lowest BCUT2D eigenvalue weighted by molar-refractivity contribution is 0.102. The number of nitrogens with zero attached hydrogens (tertiary/aromatic N) is 3. The van der Waals surface area contributed by atoms with Crippen LogP contribution in [0.4, 0.5) is 5.69 Å². The fourth-order valence-electron chi connectivity index (χ4n) is 1.85. The van der Waals surface area contributed by atoms with Crippen molar-refractivity contribution in [3.8, 4) is 5.69 Å². The summed E-state index contributed by atoms with van der Waals surface area (Å²) in [4.78, 5) is 12.2. The number of halogens is 2. The van der Waals surface area contributed by atoms with Crippen LogP contribution in [0.15, 0.2) is 54.7 Å². The van der Waals surface area contributed by atoms with E-state index >= 15 is 0 Å². The highest BCUT2D eigenvalue weighted by Gasteiger charge is 2.13. The van der Waals surface area contributed by atoms with Gasteiger partial charge in [0, 0.05) is 5.02 Å². The molecule has 3 rings (SSSR count). The Bertz CT molecular complexity index is 817. The molecule has 5 nitrogen and oxygen atoms in total. The molecule has 0 spiro atoms. The van der Waals surface area contributed by atoms with E-state index in [1.54, 1.807) is 24.4 Å². The summed E-state index contributed by atoms with van der Waals surface area (Å²) in [5.41, 5.74) is 1.47. The van der Waals surface area contributed by atoms with E-state index in [0.29, 0.717) is 15.7 Å². The summed E-state index contributed by atoms with van der Waals surface area (Å²) in [5, 5.41) is 11.3. The van der Waals surface area contributed by atoms with E-state index in [0.717, 1.165) is 5.69 Å². The number of rotatable bonds is 3. The number of carbonyl (C=O) groups excluding carboxylic acids is 1. The van der Waals surface area contributed by atoms with Gasteiger partial charge < -0.3 is 5.32 Å². The largest absolute Gasteiger partial charge is 0.319 e. The van der Waals surface area contributed by atoms with E-state index in [4.69, 9.17) is 23.2 Å². The Morgan fingerprint density at radius 2 is 1.86 bits per heavy atom. The number of para-hydroxylation sites is 1. The van der Waals surface area contributed by atoms with Gasteiger partial charge in [0.15, 0.2) is 5.69 Å². The number of carbonyl (C=O) groups is 1. The summed E-state index contributed by atoms with van der Waals surface area (Å²) in [5.74, 6) is -0.397. The molecule has 2 aromatic carbocycles. The van der Waals surface area contributed by atoms with Crippen molar-refractivity contribution < 1.29 is 4.79 Å². The molecule has 0 aliphatic heterocycles. The number of hydrogen-bond acceptors (Lipinski definition) is 3. The van der Waals surface area contributed by atoms with Crippen molar-refractivity contribution in [3.63, 3.8) is 0 Å². The van der Waals surface area contributed by atoms with Gasteiger partial charge >= 0.3 is 0 Å². The molecule has 0 saturated carbocycles. The maximum Gasteiger partial charge on any atom is 0.277 e. The lowest BCUT2D eigenvalue weighted by Gasteiger charge is -2.05. The summed E-state index contributed by atoms with van der Waals surface area (Å²) < 4.78 is 1.53. The van der Waals surface area contributed by atoms with E-state index in [2.05, 4.69) is 15.6 Å². The standard InChI is InChI=1S/C15H10Cl2N4O/c16-10-6-7-13(12(17)8-10)18-15(22)14-9-21(20-19-14)11-4-2-1-3-5-11/h1-9H,(H,18,22). The molecule has 1 amide bonds. The molecule has 1 N–H and O–H groups in total. The quantitative estimate of drug-likeness (QED) is 0.792. The van der Waals surface area contributed by atoms with E-state index in [1.807, 2.05) is 30.3 Å². The molecular weight excluding hydrogens is 323 g/mol. The zero-order valence-electron chi connectivity index (χ0n) is 11.2. The molecule has 22 heavy (non-hydrogen) atoms. The number of amides is 1. The van der Waals surface area contributed by atoms with Gasteiger partial charge in [0.2, 0.25) is 0 Å². The Hall–Kier alpha value is -2.37. The van der Waals surface area contributed by atoms with Crippen molar-refractivity contribution in [2.24, 2.45) is 0 Å². The minimum absolute atomic E-state index is 0.190. The summed E-state index contributed by atoms with van der Waals surface area (Å²) in [7, 11) is 0. The first kappa shape index (κ1) is 14.6. The second kappa shape index (κ2) is 6.17. The van der Waals surface area contributed by atoms with Gasteiger partial charge in [0.1, 0.15) is 0 Å². The average molecular weight is 333 g/mol. The van der Waals surface area contributed by atoms with E-state index in [1.165, 1.54) is 4.68 Å². The van der Waals surface area contributed by atoms with Crippen LogP contribution in [0, 0.1) is 0 Å². The first-order chi connectivity index (χ1) is 10.6. The minimum Gasteiger partial charge on any atom is -0.319 e. The molecule has 0 radical (unpaired) electrons. The number of aromatic nitrogens is 3. The van der Waals surface area contributed by atoms with Gasteiger partial charge in [0.25, 0.3) is 5.91 Å². The molecule has 110 valence electrons. The third-order valence-corrected chi connectivity index (χ3v) is 3.47. The van der Waals surface area contributed by atoms with Crippen molar-refractivity contribution in [2.45, 2.75) is 0 Å².